The predicted octanol–water partition coefficient (Wildman–Crippen LogP) is 3.29. The topological polar surface area (TPSA) is 98.1 Å². The Balaban J connectivity index is 1.42. The van der Waals surface area contributed by atoms with E-state index in [9.17, 15) is 14.4 Å². The average molecular weight is 498 g/mol. The van der Waals surface area contributed by atoms with Gasteiger partial charge in [-0.3, -0.25) is 19.3 Å². The smallest absolute Gasteiger partial charge is 0.294 e. The molecular formula is C17H11IN2O6S. The third-order valence-electron chi connectivity index (χ3n) is 3.70. The van der Waals surface area contributed by atoms with Crippen LogP contribution in [0.15, 0.2) is 39.7 Å². The van der Waals surface area contributed by atoms with Crippen LogP contribution >= 0.6 is 34.4 Å². The van der Waals surface area contributed by atoms with Gasteiger partial charge in [0.1, 0.15) is 12.3 Å². The molecule has 0 atom stereocenters. The van der Waals surface area contributed by atoms with Gasteiger partial charge in [0.15, 0.2) is 15.3 Å². The van der Waals surface area contributed by atoms with Crippen molar-refractivity contribution in [1.82, 2.24) is 4.90 Å². The first-order chi connectivity index (χ1) is 13.0. The molecule has 4 rings (SSSR count). The number of rotatable bonds is 4. The second kappa shape index (κ2) is 7.27. The fourth-order valence-corrected chi connectivity index (χ4v) is 3.74. The van der Waals surface area contributed by atoms with Crippen molar-refractivity contribution in [2.45, 2.75) is 0 Å². The molecule has 8 nitrogen and oxygen atoms in total. The van der Waals surface area contributed by atoms with Crippen LogP contribution < -0.4 is 14.8 Å². The van der Waals surface area contributed by atoms with Crippen LogP contribution in [0.3, 0.4) is 0 Å². The van der Waals surface area contributed by atoms with E-state index in [2.05, 4.69) is 5.32 Å². The minimum absolute atomic E-state index is 0.130. The van der Waals surface area contributed by atoms with Crippen LogP contribution in [0.4, 0.5) is 10.5 Å². The zero-order valence-electron chi connectivity index (χ0n) is 13.6. The number of halogens is 1. The molecule has 3 amide bonds. The summed E-state index contributed by atoms with van der Waals surface area (Å²) in [6.07, 6.45) is 1.49. The van der Waals surface area contributed by atoms with Gasteiger partial charge in [-0.25, -0.2) is 0 Å². The first-order valence-corrected chi connectivity index (χ1v) is 9.59. The standard InChI is InChI=1S/C17H11IN2O6S/c18-14-4-2-10(26-14)6-13-16(22)20(17(23)27-13)7-15(21)19-9-1-3-11-12(5-9)25-8-24-11/h1-6H,7-8H2,(H,19,21). The number of anilines is 1. The van der Waals surface area contributed by atoms with Crippen LogP contribution in [0.1, 0.15) is 5.76 Å². The third kappa shape index (κ3) is 3.81. The maximum absolute atomic E-state index is 12.4. The van der Waals surface area contributed by atoms with Crippen LogP contribution in [0.5, 0.6) is 11.5 Å². The summed E-state index contributed by atoms with van der Waals surface area (Å²) in [7, 11) is 0. The Morgan fingerprint density at radius 1 is 1.22 bits per heavy atom. The van der Waals surface area contributed by atoms with Gasteiger partial charge in [0.25, 0.3) is 11.1 Å². The molecule has 10 heteroatoms. The van der Waals surface area contributed by atoms with Crippen molar-refractivity contribution >= 4 is 63.2 Å². The summed E-state index contributed by atoms with van der Waals surface area (Å²) < 4.78 is 16.5. The maximum Gasteiger partial charge on any atom is 0.294 e. The molecule has 2 aliphatic heterocycles. The predicted molar refractivity (Wildman–Crippen MR) is 105 cm³/mol. The number of imide groups is 1. The SMILES string of the molecule is O=C(CN1C(=O)SC(=Cc2ccc(I)o2)C1=O)Nc1ccc2c(c1)OCO2. The minimum Gasteiger partial charge on any atom is -0.454 e. The van der Waals surface area contributed by atoms with Gasteiger partial charge >= 0.3 is 0 Å². The maximum atomic E-state index is 12.4. The number of hydrogen-bond acceptors (Lipinski definition) is 7. The second-order valence-electron chi connectivity index (χ2n) is 5.53. The summed E-state index contributed by atoms with van der Waals surface area (Å²) in [6, 6.07) is 8.38. The molecule has 0 spiro atoms. The fraction of sp³-hybridized carbons (Fsp3) is 0.118. The van der Waals surface area contributed by atoms with E-state index in [1.165, 1.54) is 6.08 Å². The van der Waals surface area contributed by atoms with E-state index in [4.69, 9.17) is 13.9 Å². The number of ether oxygens (including phenoxy) is 2. The number of nitrogens with one attached hydrogen (secondary N) is 1. The number of fused-ring (bicyclic) bond motifs is 1. The first kappa shape index (κ1) is 17.9. The highest BCUT2D eigenvalue weighted by atomic mass is 127. The Morgan fingerprint density at radius 3 is 2.81 bits per heavy atom. The molecule has 27 heavy (non-hydrogen) atoms. The van der Waals surface area contributed by atoms with Gasteiger partial charge in [-0.15, -0.1) is 0 Å². The van der Waals surface area contributed by atoms with E-state index < -0.39 is 17.1 Å². The molecule has 3 heterocycles. The van der Waals surface area contributed by atoms with Crippen molar-refractivity contribution in [3.8, 4) is 11.5 Å². The van der Waals surface area contributed by atoms with Crippen molar-refractivity contribution in [1.29, 1.82) is 0 Å². The molecule has 0 radical (unpaired) electrons. The van der Waals surface area contributed by atoms with Crippen LogP contribution in [0, 0.1) is 3.77 Å². The molecule has 1 aromatic heterocycles. The lowest BCUT2D eigenvalue weighted by Crippen LogP contribution is -2.36. The second-order valence-corrected chi connectivity index (χ2v) is 7.58. The third-order valence-corrected chi connectivity index (χ3v) is 5.19. The minimum atomic E-state index is -0.530. The lowest BCUT2D eigenvalue weighted by atomic mass is 10.2. The molecule has 1 saturated heterocycles. The van der Waals surface area contributed by atoms with Crippen molar-refractivity contribution in [3.05, 3.63) is 44.8 Å². The Kier molecular flexibility index (Phi) is 4.83. The highest BCUT2D eigenvalue weighted by Gasteiger charge is 2.36. The van der Waals surface area contributed by atoms with Gasteiger partial charge in [-0.1, -0.05) is 0 Å². The Hall–Kier alpha value is -2.47. The lowest BCUT2D eigenvalue weighted by Gasteiger charge is -2.12. The summed E-state index contributed by atoms with van der Waals surface area (Å²) in [4.78, 5) is 37.9. The molecule has 2 aliphatic rings. The summed E-state index contributed by atoms with van der Waals surface area (Å²) in [5.74, 6) is 0.559. The Morgan fingerprint density at radius 2 is 2.04 bits per heavy atom. The van der Waals surface area contributed by atoms with Gasteiger partial charge in [0, 0.05) is 17.8 Å². The molecule has 138 valence electrons. The molecule has 2 aromatic rings. The van der Waals surface area contributed by atoms with Crippen LogP contribution in [0.25, 0.3) is 6.08 Å². The highest BCUT2D eigenvalue weighted by molar-refractivity contribution is 14.1. The highest BCUT2D eigenvalue weighted by Crippen LogP contribution is 2.35. The number of carbonyl (C=O) groups excluding carboxylic acids is 3. The van der Waals surface area contributed by atoms with E-state index in [1.807, 2.05) is 22.6 Å². The molecule has 1 fully saturated rings. The van der Waals surface area contributed by atoms with Crippen molar-refractivity contribution < 1.29 is 28.3 Å². The van der Waals surface area contributed by atoms with Gasteiger partial charge in [-0.2, -0.15) is 0 Å². The number of hydrogen-bond donors (Lipinski definition) is 1. The summed E-state index contributed by atoms with van der Waals surface area (Å²) in [5.41, 5.74) is 0.483. The number of thioether (sulfide) groups is 1. The number of furan rings is 1. The van der Waals surface area contributed by atoms with Gasteiger partial charge in [-0.05, 0) is 58.6 Å². The molecule has 1 N–H and O–H groups in total. The zero-order valence-corrected chi connectivity index (χ0v) is 16.5. The molecular weight excluding hydrogens is 487 g/mol. The summed E-state index contributed by atoms with van der Waals surface area (Å²) in [6.45, 7) is -0.253. The summed E-state index contributed by atoms with van der Waals surface area (Å²) >= 11 is 2.77. The monoisotopic (exact) mass is 498 g/mol. The van der Waals surface area contributed by atoms with E-state index >= 15 is 0 Å². The lowest BCUT2D eigenvalue weighted by molar-refractivity contribution is -0.127. The Labute approximate surface area is 171 Å². The molecule has 0 aliphatic carbocycles. The zero-order chi connectivity index (χ0) is 19.0. The molecule has 1 aromatic carbocycles. The van der Waals surface area contributed by atoms with E-state index in [0.717, 1.165) is 16.7 Å². The largest absolute Gasteiger partial charge is 0.454 e. The molecule has 0 bridgehead atoms. The van der Waals surface area contributed by atoms with E-state index in [1.54, 1.807) is 30.3 Å². The van der Waals surface area contributed by atoms with Crippen LogP contribution in [-0.4, -0.2) is 35.3 Å². The number of carbonyl (C=O) groups is 3. The number of nitrogens with zero attached hydrogens (tertiary/aromatic N) is 1. The van der Waals surface area contributed by atoms with Crippen molar-refractivity contribution in [2.24, 2.45) is 0 Å². The molecule has 0 unspecified atom stereocenters. The quantitative estimate of drug-likeness (QED) is 0.511. The molecule has 0 saturated carbocycles. The summed E-state index contributed by atoms with van der Waals surface area (Å²) in [5, 5.41) is 2.13. The van der Waals surface area contributed by atoms with Gasteiger partial charge < -0.3 is 19.2 Å². The Bertz CT molecular complexity index is 986. The van der Waals surface area contributed by atoms with E-state index in [-0.39, 0.29) is 18.2 Å². The van der Waals surface area contributed by atoms with Gasteiger partial charge in [0.2, 0.25) is 12.7 Å². The average Bonchev–Trinajstić information content (AvgIpc) is 3.31. The van der Waals surface area contributed by atoms with Crippen LogP contribution in [0.2, 0.25) is 0 Å². The van der Waals surface area contributed by atoms with Crippen molar-refractivity contribution in [2.75, 3.05) is 18.7 Å². The number of benzene rings is 1. The first-order valence-electron chi connectivity index (χ1n) is 7.70. The van der Waals surface area contributed by atoms with Crippen LogP contribution in [-0.2, 0) is 9.59 Å². The van der Waals surface area contributed by atoms with Crippen molar-refractivity contribution in [3.63, 3.8) is 0 Å². The van der Waals surface area contributed by atoms with Gasteiger partial charge in [0.05, 0.1) is 4.91 Å². The fourth-order valence-electron chi connectivity index (χ4n) is 2.49. The van der Waals surface area contributed by atoms with E-state index in [0.29, 0.717) is 26.7 Å². The normalized spacial score (nSPS) is 17.1. The number of amides is 3.